The van der Waals surface area contributed by atoms with Crippen molar-refractivity contribution in [3.05, 3.63) is 101 Å². The maximum Gasteiger partial charge on any atom is 0.289 e. The molecule has 0 unspecified atom stereocenters. The molecule has 6 N–H and O–H groups in total. The van der Waals surface area contributed by atoms with Gasteiger partial charge in [-0.2, -0.15) is 0 Å². The molecule has 0 aliphatic heterocycles. The summed E-state index contributed by atoms with van der Waals surface area (Å²) in [7, 11) is 0. The number of nitrogens with two attached hydrogens (primary N) is 2. The average Bonchev–Trinajstić information content (AvgIpc) is 2.97. The van der Waals surface area contributed by atoms with E-state index in [0.29, 0.717) is 17.9 Å². The minimum Gasteiger partial charge on any atom is -0.370 e. The fourth-order valence-electron chi connectivity index (χ4n) is 5.57. The molecular formula is C32H37N7O. The van der Waals surface area contributed by atoms with E-state index in [-0.39, 0.29) is 29.8 Å². The van der Waals surface area contributed by atoms with Gasteiger partial charge in [-0.05, 0) is 49.9 Å². The molecule has 2 atom stereocenters. The maximum absolute atomic E-state index is 13.6. The molecule has 1 heterocycles. The van der Waals surface area contributed by atoms with Crippen LogP contribution in [-0.4, -0.2) is 40.5 Å². The van der Waals surface area contributed by atoms with Gasteiger partial charge in [0.25, 0.3) is 5.91 Å². The summed E-state index contributed by atoms with van der Waals surface area (Å²) in [6.07, 6.45) is 3.94. The van der Waals surface area contributed by atoms with Crippen LogP contribution in [0, 0.1) is 6.92 Å². The first-order valence-electron chi connectivity index (χ1n) is 13.9. The van der Waals surface area contributed by atoms with E-state index in [9.17, 15) is 4.79 Å². The van der Waals surface area contributed by atoms with Gasteiger partial charge in [-0.15, -0.1) is 0 Å². The second-order valence-electron chi connectivity index (χ2n) is 10.8. The van der Waals surface area contributed by atoms with E-state index in [1.165, 1.54) is 0 Å². The topological polar surface area (TPSA) is 131 Å². The molecular weight excluding hydrogens is 498 g/mol. The first-order valence-corrected chi connectivity index (χ1v) is 13.9. The molecule has 5 rings (SSSR count). The zero-order valence-electron chi connectivity index (χ0n) is 23.1. The van der Waals surface area contributed by atoms with Crippen molar-refractivity contribution in [1.29, 1.82) is 0 Å². The quantitative estimate of drug-likeness (QED) is 0.192. The number of carbonyl (C=O) groups is 1. The SMILES string of the molecule is Cc1ccc2nc(C(=O)NCC(C)(c3ccccc3)c3ccccc3)nc(N[C@H]3CCCC[C@H]3N=C(N)N)c2c1. The van der Waals surface area contributed by atoms with Crippen molar-refractivity contribution in [2.45, 2.75) is 57.0 Å². The van der Waals surface area contributed by atoms with Crippen molar-refractivity contribution in [3.63, 3.8) is 0 Å². The van der Waals surface area contributed by atoms with Gasteiger partial charge in [0.1, 0.15) is 5.82 Å². The number of guanidine groups is 1. The fraction of sp³-hybridized carbons (Fsp3) is 0.312. The van der Waals surface area contributed by atoms with E-state index in [0.717, 1.165) is 47.8 Å². The van der Waals surface area contributed by atoms with Crippen molar-refractivity contribution in [2.24, 2.45) is 16.5 Å². The van der Waals surface area contributed by atoms with Gasteiger partial charge in [0.2, 0.25) is 5.82 Å². The van der Waals surface area contributed by atoms with Crippen LogP contribution in [0.2, 0.25) is 0 Å². The molecule has 206 valence electrons. The minimum absolute atomic E-state index is 0.00447. The molecule has 1 aromatic heterocycles. The van der Waals surface area contributed by atoms with Crippen molar-refractivity contribution in [1.82, 2.24) is 15.3 Å². The van der Waals surface area contributed by atoms with Crippen LogP contribution < -0.4 is 22.1 Å². The second kappa shape index (κ2) is 11.7. The summed E-state index contributed by atoms with van der Waals surface area (Å²) in [6, 6.07) is 26.3. The van der Waals surface area contributed by atoms with Crippen LogP contribution in [0.5, 0.6) is 0 Å². The lowest BCUT2D eigenvalue weighted by molar-refractivity contribution is 0.0937. The third kappa shape index (κ3) is 5.91. The van der Waals surface area contributed by atoms with Gasteiger partial charge in [0.05, 0.1) is 17.6 Å². The summed E-state index contributed by atoms with van der Waals surface area (Å²) < 4.78 is 0. The third-order valence-electron chi connectivity index (χ3n) is 7.85. The molecule has 0 radical (unpaired) electrons. The third-order valence-corrected chi connectivity index (χ3v) is 7.85. The number of aliphatic imine (C=N–C) groups is 1. The number of benzene rings is 3. The fourth-order valence-corrected chi connectivity index (χ4v) is 5.57. The van der Waals surface area contributed by atoms with Crippen molar-refractivity contribution >= 4 is 28.6 Å². The standard InChI is InChI=1S/C32H37N7O/c1-21-17-18-25-24(19-21)28(37-26-15-9-10-16-27(26)38-31(33)34)39-29(36-25)30(40)35-20-32(2,22-11-5-3-6-12-22)23-13-7-4-8-14-23/h3-8,11-14,17-19,26-27H,9-10,15-16,20H2,1-2H3,(H,35,40)(H4,33,34,38)(H,36,37,39)/t26-,27+/m0/s1. The molecule has 1 fully saturated rings. The molecule has 1 saturated carbocycles. The highest BCUT2D eigenvalue weighted by Crippen LogP contribution is 2.32. The minimum atomic E-state index is -0.442. The van der Waals surface area contributed by atoms with Gasteiger partial charge in [0.15, 0.2) is 5.96 Å². The first kappa shape index (κ1) is 27.1. The van der Waals surface area contributed by atoms with Crippen LogP contribution in [-0.2, 0) is 5.41 Å². The van der Waals surface area contributed by atoms with E-state index in [1.807, 2.05) is 61.5 Å². The summed E-state index contributed by atoms with van der Waals surface area (Å²) in [4.78, 5) is 27.5. The number of aromatic nitrogens is 2. The van der Waals surface area contributed by atoms with Gasteiger partial charge < -0.3 is 22.1 Å². The summed E-state index contributed by atoms with van der Waals surface area (Å²) in [5.74, 6) is 0.502. The van der Waals surface area contributed by atoms with Crippen molar-refractivity contribution in [2.75, 3.05) is 11.9 Å². The Morgan fingerprint density at radius 2 is 1.60 bits per heavy atom. The number of carbonyl (C=O) groups excluding carboxylic acids is 1. The highest BCUT2D eigenvalue weighted by molar-refractivity contribution is 5.96. The highest BCUT2D eigenvalue weighted by Gasteiger charge is 2.30. The predicted octanol–water partition coefficient (Wildman–Crippen LogP) is 4.67. The Kier molecular flexibility index (Phi) is 7.96. The van der Waals surface area contributed by atoms with Crippen LogP contribution >= 0.6 is 0 Å². The summed E-state index contributed by atoms with van der Waals surface area (Å²) in [6.45, 7) is 4.55. The Balaban J connectivity index is 1.46. The van der Waals surface area contributed by atoms with Crippen LogP contribution in [0.25, 0.3) is 10.9 Å². The van der Waals surface area contributed by atoms with Crippen molar-refractivity contribution < 1.29 is 4.79 Å². The van der Waals surface area contributed by atoms with Crippen LogP contribution in [0.1, 0.15) is 59.9 Å². The molecule has 1 aliphatic carbocycles. The van der Waals surface area contributed by atoms with E-state index in [1.54, 1.807) is 0 Å². The lowest BCUT2D eigenvalue weighted by atomic mass is 9.76. The van der Waals surface area contributed by atoms with Gasteiger partial charge in [-0.1, -0.05) is 85.1 Å². The number of nitrogens with one attached hydrogen (secondary N) is 2. The van der Waals surface area contributed by atoms with Crippen LogP contribution in [0.3, 0.4) is 0 Å². The van der Waals surface area contributed by atoms with E-state index >= 15 is 0 Å². The van der Waals surface area contributed by atoms with E-state index in [4.69, 9.17) is 16.5 Å². The Bertz CT molecular complexity index is 1460. The Morgan fingerprint density at radius 1 is 0.950 bits per heavy atom. The number of hydrogen-bond acceptors (Lipinski definition) is 5. The predicted molar refractivity (Wildman–Crippen MR) is 161 cm³/mol. The number of amides is 1. The number of hydrogen-bond donors (Lipinski definition) is 4. The number of fused-ring (bicyclic) bond motifs is 1. The largest absolute Gasteiger partial charge is 0.370 e. The lowest BCUT2D eigenvalue weighted by Gasteiger charge is -2.31. The molecule has 40 heavy (non-hydrogen) atoms. The van der Waals surface area contributed by atoms with Gasteiger partial charge in [-0.25, -0.2) is 15.0 Å². The average molecular weight is 536 g/mol. The summed E-state index contributed by atoms with van der Waals surface area (Å²) in [5.41, 5.74) is 15.0. The molecule has 1 aliphatic rings. The molecule has 0 saturated heterocycles. The molecule has 3 aromatic carbocycles. The highest BCUT2D eigenvalue weighted by atomic mass is 16.2. The normalized spacial score (nSPS) is 17.2. The van der Waals surface area contributed by atoms with Gasteiger partial charge >= 0.3 is 0 Å². The van der Waals surface area contributed by atoms with Crippen LogP contribution in [0.15, 0.2) is 83.9 Å². The number of aryl methyl sites for hydroxylation is 1. The maximum atomic E-state index is 13.6. The van der Waals surface area contributed by atoms with E-state index in [2.05, 4.69) is 51.8 Å². The van der Waals surface area contributed by atoms with Crippen LogP contribution in [0.4, 0.5) is 5.82 Å². The summed E-state index contributed by atoms with van der Waals surface area (Å²) >= 11 is 0. The van der Waals surface area contributed by atoms with Crippen molar-refractivity contribution in [3.8, 4) is 0 Å². The molecule has 8 heteroatoms. The number of nitrogens with zero attached hydrogens (tertiary/aromatic N) is 3. The Morgan fingerprint density at radius 3 is 2.25 bits per heavy atom. The smallest absolute Gasteiger partial charge is 0.289 e. The molecule has 0 spiro atoms. The van der Waals surface area contributed by atoms with Gasteiger partial charge in [0, 0.05) is 17.3 Å². The number of anilines is 1. The summed E-state index contributed by atoms with van der Waals surface area (Å²) in [5, 5.41) is 7.57. The van der Waals surface area contributed by atoms with E-state index < -0.39 is 5.41 Å². The lowest BCUT2D eigenvalue weighted by Crippen LogP contribution is -2.40. The zero-order valence-corrected chi connectivity index (χ0v) is 23.1. The molecule has 8 nitrogen and oxygen atoms in total. The molecule has 1 amide bonds. The first-order chi connectivity index (χ1) is 19.3. The molecule has 0 bridgehead atoms. The monoisotopic (exact) mass is 535 g/mol. The Hall–Kier alpha value is -4.46. The zero-order chi connectivity index (χ0) is 28.1. The Labute approximate surface area is 235 Å². The molecule has 4 aromatic rings. The number of rotatable bonds is 8. The van der Waals surface area contributed by atoms with Gasteiger partial charge in [-0.3, -0.25) is 4.79 Å². The second-order valence-corrected chi connectivity index (χ2v) is 10.8.